The zero-order valence-electron chi connectivity index (χ0n) is 13.0. The highest BCUT2D eigenvalue weighted by molar-refractivity contribution is 7.92. The van der Waals surface area contributed by atoms with Crippen LogP contribution in [0.2, 0.25) is 10.0 Å². The number of carbonyl (C=O) groups excluding carboxylic acids is 1. The average Bonchev–Trinajstić information content (AvgIpc) is 2.50. The first kappa shape index (κ1) is 18.6. The minimum atomic E-state index is -3.94. The topological polar surface area (TPSA) is 75.3 Å². The largest absolute Gasteiger partial charge is 0.350 e. The summed E-state index contributed by atoms with van der Waals surface area (Å²) in [6, 6.07) is 10.3. The first-order chi connectivity index (χ1) is 11.2. The van der Waals surface area contributed by atoms with Gasteiger partial charge in [-0.2, -0.15) is 0 Å². The Morgan fingerprint density at radius 3 is 2.21 bits per heavy atom. The van der Waals surface area contributed by atoms with Crippen LogP contribution < -0.4 is 10.0 Å². The number of carbonyl (C=O) groups is 1. The molecule has 0 spiro atoms. The molecule has 0 heterocycles. The van der Waals surface area contributed by atoms with Crippen molar-refractivity contribution in [1.29, 1.82) is 0 Å². The van der Waals surface area contributed by atoms with Gasteiger partial charge in [0.2, 0.25) is 0 Å². The molecule has 1 amide bonds. The summed E-state index contributed by atoms with van der Waals surface area (Å²) >= 11 is 12.0. The number of sulfonamides is 1. The van der Waals surface area contributed by atoms with E-state index in [9.17, 15) is 13.2 Å². The van der Waals surface area contributed by atoms with Crippen molar-refractivity contribution in [1.82, 2.24) is 5.32 Å². The van der Waals surface area contributed by atoms with Crippen molar-refractivity contribution in [2.24, 2.45) is 0 Å². The SMILES string of the molecule is CC(C)NC(=O)c1cccc(S(=O)(=O)Nc2c(Cl)cccc2Cl)c1. The van der Waals surface area contributed by atoms with Gasteiger partial charge in [0, 0.05) is 11.6 Å². The van der Waals surface area contributed by atoms with E-state index in [1.165, 1.54) is 30.3 Å². The molecule has 0 aliphatic rings. The maximum atomic E-state index is 12.5. The van der Waals surface area contributed by atoms with Crippen molar-refractivity contribution in [3.05, 3.63) is 58.1 Å². The van der Waals surface area contributed by atoms with Crippen molar-refractivity contribution in [3.63, 3.8) is 0 Å². The maximum absolute atomic E-state index is 12.5. The lowest BCUT2D eigenvalue weighted by molar-refractivity contribution is 0.0943. The van der Waals surface area contributed by atoms with E-state index in [4.69, 9.17) is 23.2 Å². The smallest absolute Gasteiger partial charge is 0.262 e. The van der Waals surface area contributed by atoms with Gasteiger partial charge in [0.15, 0.2) is 0 Å². The van der Waals surface area contributed by atoms with Gasteiger partial charge >= 0.3 is 0 Å². The Kier molecular flexibility index (Phi) is 5.74. The highest BCUT2D eigenvalue weighted by Gasteiger charge is 2.19. The molecule has 2 N–H and O–H groups in total. The first-order valence-corrected chi connectivity index (χ1v) is 9.32. The Morgan fingerprint density at radius 1 is 1.04 bits per heavy atom. The number of halogens is 2. The van der Waals surface area contributed by atoms with Crippen LogP contribution in [0.1, 0.15) is 24.2 Å². The van der Waals surface area contributed by atoms with Gasteiger partial charge in [-0.1, -0.05) is 35.3 Å². The normalized spacial score (nSPS) is 11.4. The number of rotatable bonds is 5. The summed E-state index contributed by atoms with van der Waals surface area (Å²) in [4.78, 5) is 12.0. The third-order valence-corrected chi connectivity index (χ3v) is 5.00. The van der Waals surface area contributed by atoms with Crippen LogP contribution in [-0.2, 0) is 10.0 Å². The molecule has 0 radical (unpaired) electrons. The minimum Gasteiger partial charge on any atom is -0.350 e. The summed E-state index contributed by atoms with van der Waals surface area (Å²) in [6.07, 6.45) is 0. The number of amides is 1. The fourth-order valence-electron chi connectivity index (χ4n) is 1.94. The van der Waals surface area contributed by atoms with Crippen LogP contribution in [0.15, 0.2) is 47.4 Å². The van der Waals surface area contributed by atoms with E-state index >= 15 is 0 Å². The second kappa shape index (κ2) is 7.42. The van der Waals surface area contributed by atoms with E-state index in [-0.39, 0.29) is 38.1 Å². The molecule has 0 saturated carbocycles. The van der Waals surface area contributed by atoms with Crippen LogP contribution in [0.4, 0.5) is 5.69 Å². The number of hydrogen-bond acceptors (Lipinski definition) is 3. The predicted octanol–water partition coefficient (Wildman–Crippen LogP) is 3.93. The van der Waals surface area contributed by atoms with E-state index in [1.807, 2.05) is 13.8 Å². The van der Waals surface area contributed by atoms with E-state index in [2.05, 4.69) is 10.0 Å². The summed E-state index contributed by atoms with van der Waals surface area (Å²) in [5, 5.41) is 3.07. The molecule has 2 aromatic rings. The number of hydrogen-bond donors (Lipinski definition) is 2. The number of anilines is 1. The van der Waals surface area contributed by atoms with Crippen molar-refractivity contribution >= 4 is 44.8 Å². The Balaban J connectivity index is 2.35. The molecule has 24 heavy (non-hydrogen) atoms. The molecule has 0 unspecified atom stereocenters. The highest BCUT2D eigenvalue weighted by atomic mass is 35.5. The molecule has 0 fully saturated rings. The zero-order valence-corrected chi connectivity index (χ0v) is 15.3. The van der Waals surface area contributed by atoms with Crippen LogP contribution in [-0.4, -0.2) is 20.4 Å². The van der Waals surface area contributed by atoms with Gasteiger partial charge in [-0.05, 0) is 44.2 Å². The van der Waals surface area contributed by atoms with Crippen molar-refractivity contribution < 1.29 is 13.2 Å². The van der Waals surface area contributed by atoms with Crippen molar-refractivity contribution in [3.8, 4) is 0 Å². The molecule has 0 saturated heterocycles. The third kappa shape index (κ3) is 4.41. The molecule has 5 nitrogen and oxygen atoms in total. The fraction of sp³-hybridized carbons (Fsp3) is 0.188. The van der Waals surface area contributed by atoms with Crippen LogP contribution in [0, 0.1) is 0 Å². The van der Waals surface area contributed by atoms with Gasteiger partial charge in [-0.15, -0.1) is 0 Å². The molecule has 0 bridgehead atoms. The average molecular weight is 387 g/mol. The molecule has 2 aromatic carbocycles. The van der Waals surface area contributed by atoms with E-state index in [1.54, 1.807) is 12.1 Å². The molecule has 0 atom stereocenters. The second-order valence-electron chi connectivity index (χ2n) is 5.36. The van der Waals surface area contributed by atoms with Crippen molar-refractivity contribution in [2.45, 2.75) is 24.8 Å². The summed E-state index contributed by atoms with van der Waals surface area (Å²) < 4.78 is 27.4. The number of benzene rings is 2. The summed E-state index contributed by atoms with van der Waals surface area (Å²) in [5.41, 5.74) is 0.342. The molecule has 0 aliphatic carbocycles. The Hall–Kier alpha value is -1.76. The molecule has 0 aromatic heterocycles. The van der Waals surface area contributed by atoms with Gasteiger partial charge in [-0.25, -0.2) is 8.42 Å². The van der Waals surface area contributed by atoms with Gasteiger partial charge in [0.05, 0.1) is 20.6 Å². The lowest BCUT2D eigenvalue weighted by Crippen LogP contribution is -2.30. The summed E-state index contributed by atoms with van der Waals surface area (Å²) in [7, 11) is -3.94. The van der Waals surface area contributed by atoms with Gasteiger partial charge in [-0.3, -0.25) is 9.52 Å². The molecule has 128 valence electrons. The van der Waals surface area contributed by atoms with Crippen LogP contribution >= 0.6 is 23.2 Å². The first-order valence-electron chi connectivity index (χ1n) is 7.08. The minimum absolute atomic E-state index is 0.0576. The van der Waals surface area contributed by atoms with Crippen LogP contribution in [0.5, 0.6) is 0 Å². The Labute approximate surface area is 151 Å². The molecule has 0 aliphatic heterocycles. The zero-order chi connectivity index (χ0) is 17.9. The van der Waals surface area contributed by atoms with Crippen LogP contribution in [0.3, 0.4) is 0 Å². The monoisotopic (exact) mass is 386 g/mol. The maximum Gasteiger partial charge on any atom is 0.262 e. The number of para-hydroxylation sites is 1. The van der Waals surface area contributed by atoms with E-state index < -0.39 is 10.0 Å². The molecular weight excluding hydrogens is 371 g/mol. The standard InChI is InChI=1S/C16H16Cl2N2O3S/c1-10(2)19-16(21)11-5-3-6-12(9-11)24(22,23)20-15-13(17)7-4-8-14(15)18/h3-10,20H,1-2H3,(H,19,21). The van der Waals surface area contributed by atoms with Gasteiger partial charge < -0.3 is 5.32 Å². The quantitative estimate of drug-likeness (QED) is 0.816. The van der Waals surface area contributed by atoms with Crippen molar-refractivity contribution in [2.75, 3.05) is 4.72 Å². The van der Waals surface area contributed by atoms with Gasteiger partial charge in [0.25, 0.3) is 15.9 Å². The lowest BCUT2D eigenvalue weighted by atomic mass is 10.2. The molecule has 2 rings (SSSR count). The van der Waals surface area contributed by atoms with Gasteiger partial charge in [0.1, 0.15) is 0 Å². The highest BCUT2D eigenvalue weighted by Crippen LogP contribution is 2.31. The van der Waals surface area contributed by atoms with E-state index in [0.717, 1.165) is 0 Å². The summed E-state index contributed by atoms with van der Waals surface area (Å²) in [6.45, 7) is 3.64. The Morgan fingerprint density at radius 2 is 1.62 bits per heavy atom. The lowest BCUT2D eigenvalue weighted by Gasteiger charge is -2.12. The molecule has 8 heteroatoms. The van der Waals surface area contributed by atoms with E-state index in [0.29, 0.717) is 0 Å². The third-order valence-electron chi connectivity index (χ3n) is 3.03. The summed E-state index contributed by atoms with van der Waals surface area (Å²) in [5.74, 6) is -0.349. The molecular formula is C16H16Cl2N2O3S. The second-order valence-corrected chi connectivity index (χ2v) is 7.85. The van der Waals surface area contributed by atoms with Crippen LogP contribution in [0.25, 0.3) is 0 Å². The number of nitrogens with one attached hydrogen (secondary N) is 2. The predicted molar refractivity (Wildman–Crippen MR) is 96.3 cm³/mol. The fourth-order valence-corrected chi connectivity index (χ4v) is 3.69. The Bertz CT molecular complexity index is 847.